The van der Waals surface area contributed by atoms with Crippen molar-refractivity contribution in [3.8, 4) is 0 Å². The second-order valence-electron chi connectivity index (χ2n) is 2.71. The standard InChI is InChI=1S/C8H10ClNO2S2/c1-6(9)5-10-14(11,12)8-4-3-7(2)13-8/h3-4,10H,1,5H2,2H3. The molecular formula is C8H10ClNO2S2. The number of aryl methyl sites for hydroxylation is 1. The summed E-state index contributed by atoms with van der Waals surface area (Å²) in [6.45, 7) is 5.31. The van der Waals surface area contributed by atoms with E-state index in [0.29, 0.717) is 4.21 Å². The Balaban J connectivity index is 2.81. The predicted molar refractivity (Wildman–Crippen MR) is 59.2 cm³/mol. The van der Waals surface area contributed by atoms with Crippen LogP contribution in [0.2, 0.25) is 0 Å². The first-order valence-corrected chi connectivity index (χ1v) is 6.49. The van der Waals surface area contributed by atoms with Crippen LogP contribution in [0.15, 0.2) is 28.0 Å². The van der Waals surface area contributed by atoms with E-state index in [1.165, 1.54) is 11.3 Å². The maximum atomic E-state index is 11.5. The molecule has 1 rings (SSSR count). The zero-order chi connectivity index (χ0) is 10.8. The van der Waals surface area contributed by atoms with Crippen LogP contribution in [0.25, 0.3) is 0 Å². The van der Waals surface area contributed by atoms with Crippen LogP contribution in [0.5, 0.6) is 0 Å². The lowest BCUT2D eigenvalue weighted by molar-refractivity contribution is 0.587. The molecule has 0 aliphatic heterocycles. The molecular weight excluding hydrogens is 242 g/mol. The summed E-state index contributed by atoms with van der Waals surface area (Å²) < 4.78 is 25.7. The van der Waals surface area contributed by atoms with Crippen LogP contribution >= 0.6 is 22.9 Å². The largest absolute Gasteiger partial charge is 0.250 e. The predicted octanol–water partition coefficient (Wildman–Crippen LogP) is 2.09. The van der Waals surface area contributed by atoms with Crippen LogP contribution in [0.1, 0.15) is 4.88 Å². The lowest BCUT2D eigenvalue weighted by Gasteiger charge is -2.02. The highest BCUT2D eigenvalue weighted by Crippen LogP contribution is 2.20. The van der Waals surface area contributed by atoms with E-state index in [4.69, 9.17) is 11.6 Å². The molecule has 6 heteroatoms. The molecule has 0 amide bonds. The molecule has 0 spiro atoms. The minimum absolute atomic E-state index is 0.0564. The van der Waals surface area contributed by atoms with Gasteiger partial charge in [-0.2, -0.15) is 0 Å². The molecule has 0 fully saturated rings. The fourth-order valence-electron chi connectivity index (χ4n) is 0.801. The van der Waals surface area contributed by atoms with Gasteiger partial charge in [0, 0.05) is 16.5 Å². The van der Waals surface area contributed by atoms with Gasteiger partial charge in [0.1, 0.15) is 4.21 Å². The summed E-state index contributed by atoms with van der Waals surface area (Å²) >= 11 is 6.68. The number of thiophene rings is 1. The van der Waals surface area contributed by atoms with E-state index in [0.717, 1.165) is 4.88 Å². The van der Waals surface area contributed by atoms with Crippen molar-refractivity contribution in [1.29, 1.82) is 0 Å². The minimum atomic E-state index is -3.41. The average Bonchev–Trinajstić information content (AvgIpc) is 2.49. The SMILES string of the molecule is C=C(Cl)CNS(=O)(=O)c1ccc(C)s1. The van der Waals surface area contributed by atoms with Crippen molar-refractivity contribution in [2.24, 2.45) is 0 Å². The molecule has 14 heavy (non-hydrogen) atoms. The molecule has 0 radical (unpaired) electrons. The monoisotopic (exact) mass is 251 g/mol. The summed E-state index contributed by atoms with van der Waals surface area (Å²) in [5, 5.41) is 0.266. The molecule has 0 aliphatic rings. The van der Waals surface area contributed by atoms with Gasteiger partial charge in [-0.05, 0) is 19.1 Å². The minimum Gasteiger partial charge on any atom is -0.206 e. The lowest BCUT2D eigenvalue weighted by atomic mass is 10.5. The van der Waals surface area contributed by atoms with Gasteiger partial charge in [0.2, 0.25) is 10.0 Å². The van der Waals surface area contributed by atoms with E-state index >= 15 is 0 Å². The van der Waals surface area contributed by atoms with Gasteiger partial charge in [-0.3, -0.25) is 0 Å². The Bertz CT molecular complexity index is 436. The van der Waals surface area contributed by atoms with Crippen LogP contribution in [0, 0.1) is 6.92 Å². The normalized spacial score (nSPS) is 11.6. The number of hydrogen-bond donors (Lipinski definition) is 1. The molecule has 1 aromatic rings. The van der Waals surface area contributed by atoms with Crippen molar-refractivity contribution < 1.29 is 8.42 Å². The van der Waals surface area contributed by atoms with Gasteiger partial charge in [0.25, 0.3) is 0 Å². The maximum absolute atomic E-state index is 11.5. The first-order valence-electron chi connectivity index (χ1n) is 3.81. The Morgan fingerprint density at radius 2 is 2.29 bits per heavy atom. The highest BCUT2D eigenvalue weighted by atomic mass is 35.5. The van der Waals surface area contributed by atoms with E-state index in [-0.39, 0.29) is 11.6 Å². The number of hydrogen-bond acceptors (Lipinski definition) is 3. The van der Waals surface area contributed by atoms with E-state index < -0.39 is 10.0 Å². The van der Waals surface area contributed by atoms with Crippen LogP contribution < -0.4 is 4.72 Å². The number of sulfonamides is 1. The summed E-state index contributed by atoms with van der Waals surface area (Å²) in [6.07, 6.45) is 0. The van der Waals surface area contributed by atoms with Gasteiger partial charge in [-0.1, -0.05) is 18.2 Å². The van der Waals surface area contributed by atoms with Crippen LogP contribution in [-0.4, -0.2) is 15.0 Å². The van der Waals surface area contributed by atoms with Gasteiger partial charge in [0.05, 0.1) is 0 Å². The highest BCUT2D eigenvalue weighted by molar-refractivity contribution is 7.91. The summed E-state index contributed by atoms with van der Waals surface area (Å²) in [5.74, 6) is 0. The van der Waals surface area contributed by atoms with Gasteiger partial charge in [-0.25, -0.2) is 13.1 Å². The van der Waals surface area contributed by atoms with Crippen molar-refractivity contribution in [2.45, 2.75) is 11.1 Å². The van der Waals surface area contributed by atoms with Crippen LogP contribution in [0.4, 0.5) is 0 Å². The summed E-state index contributed by atoms with van der Waals surface area (Å²) in [4.78, 5) is 0.954. The third-order valence-corrected chi connectivity index (χ3v) is 4.46. The van der Waals surface area contributed by atoms with Crippen molar-refractivity contribution in [3.05, 3.63) is 28.6 Å². The first kappa shape index (κ1) is 11.7. The fraction of sp³-hybridized carbons (Fsp3) is 0.250. The molecule has 0 atom stereocenters. The zero-order valence-electron chi connectivity index (χ0n) is 7.58. The summed E-state index contributed by atoms with van der Waals surface area (Å²) in [7, 11) is -3.41. The quantitative estimate of drug-likeness (QED) is 0.891. The molecule has 1 N–H and O–H groups in total. The molecule has 1 aromatic heterocycles. The topological polar surface area (TPSA) is 46.2 Å². The molecule has 0 bridgehead atoms. The van der Waals surface area contributed by atoms with Crippen molar-refractivity contribution in [1.82, 2.24) is 4.72 Å². The number of nitrogens with one attached hydrogen (secondary N) is 1. The Labute approximate surface area is 92.5 Å². The summed E-state index contributed by atoms with van der Waals surface area (Å²) in [5.41, 5.74) is 0. The van der Waals surface area contributed by atoms with Crippen LogP contribution in [0.3, 0.4) is 0 Å². The lowest BCUT2D eigenvalue weighted by Crippen LogP contribution is -2.23. The zero-order valence-corrected chi connectivity index (χ0v) is 9.97. The van der Waals surface area contributed by atoms with Gasteiger partial charge >= 0.3 is 0 Å². The molecule has 0 saturated carbocycles. The summed E-state index contributed by atoms with van der Waals surface area (Å²) in [6, 6.07) is 3.33. The Kier molecular flexibility index (Phi) is 3.71. The van der Waals surface area contributed by atoms with Crippen LogP contribution in [-0.2, 0) is 10.0 Å². The molecule has 3 nitrogen and oxygen atoms in total. The van der Waals surface area contributed by atoms with Gasteiger partial charge in [0.15, 0.2) is 0 Å². The molecule has 0 aliphatic carbocycles. The second kappa shape index (κ2) is 4.44. The van der Waals surface area contributed by atoms with Gasteiger partial charge < -0.3 is 0 Å². The Hall–Kier alpha value is -0.360. The third kappa shape index (κ3) is 3.09. The van der Waals surface area contributed by atoms with E-state index in [9.17, 15) is 8.42 Å². The molecule has 0 aromatic carbocycles. The smallest absolute Gasteiger partial charge is 0.206 e. The van der Waals surface area contributed by atoms with E-state index in [2.05, 4.69) is 11.3 Å². The van der Waals surface area contributed by atoms with E-state index in [1.54, 1.807) is 12.1 Å². The van der Waals surface area contributed by atoms with Crippen molar-refractivity contribution >= 4 is 33.0 Å². The molecule has 78 valence electrons. The third-order valence-electron chi connectivity index (χ3n) is 1.43. The molecule has 0 saturated heterocycles. The number of rotatable bonds is 4. The fourth-order valence-corrected chi connectivity index (χ4v) is 3.30. The molecule has 0 unspecified atom stereocenters. The van der Waals surface area contributed by atoms with Crippen molar-refractivity contribution in [3.63, 3.8) is 0 Å². The maximum Gasteiger partial charge on any atom is 0.250 e. The highest BCUT2D eigenvalue weighted by Gasteiger charge is 2.15. The number of halogens is 1. The second-order valence-corrected chi connectivity index (χ2v) is 6.52. The average molecular weight is 252 g/mol. The van der Waals surface area contributed by atoms with Gasteiger partial charge in [-0.15, -0.1) is 11.3 Å². The van der Waals surface area contributed by atoms with Crippen molar-refractivity contribution in [2.75, 3.05) is 6.54 Å². The Morgan fingerprint density at radius 1 is 1.64 bits per heavy atom. The van der Waals surface area contributed by atoms with E-state index in [1.807, 2.05) is 6.92 Å². The molecule has 1 heterocycles. The Morgan fingerprint density at radius 3 is 2.71 bits per heavy atom. The first-order chi connectivity index (χ1) is 6.42.